The van der Waals surface area contributed by atoms with Gasteiger partial charge in [0.15, 0.2) is 0 Å². The molecule has 1 aromatic heterocycles. The molecule has 1 amide bonds. The first kappa shape index (κ1) is 13.9. The van der Waals surface area contributed by atoms with Crippen LogP contribution in [0.25, 0.3) is 0 Å². The highest BCUT2D eigenvalue weighted by Gasteiger charge is 2.25. The third kappa shape index (κ3) is 3.73. The summed E-state index contributed by atoms with van der Waals surface area (Å²) in [5, 5.41) is 4.98. The molecule has 1 aliphatic rings. The molecule has 21 heavy (non-hydrogen) atoms. The van der Waals surface area contributed by atoms with E-state index in [4.69, 9.17) is 4.74 Å². The van der Waals surface area contributed by atoms with E-state index in [0.717, 1.165) is 23.5 Å². The molecule has 0 spiro atoms. The number of hydrogen-bond donors (Lipinski definition) is 1. The molecule has 0 saturated heterocycles. The van der Waals surface area contributed by atoms with Crippen LogP contribution in [0.3, 0.4) is 0 Å². The molecule has 108 valence electrons. The normalized spacial score (nSPS) is 17.4. The van der Waals surface area contributed by atoms with E-state index in [0.29, 0.717) is 6.61 Å². The minimum atomic E-state index is -0.0609. The second-order valence-corrected chi connectivity index (χ2v) is 6.03. The number of hydrogen-bond acceptors (Lipinski definition) is 3. The Balaban J connectivity index is 1.56. The summed E-state index contributed by atoms with van der Waals surface area (Å²) in [7, 11) is 0. The van der Waals surface area contributed by atoms with E-state index >= 15 is 0 Å². The zero-order chi connectivity index (χ0) is 14.5. The van der Waals surface area contributed by atoms with Crippen molar-refractivity contribution in [3.05, 3.63) is 70.1 Å². The third-order valence-electron chi connectivity index (χ3n) is 3.46. The number of carbonyl (C=O) groups is 1. The predicted octanol–water partition coefficient (Wildman–Crippen LogP) is 3.28. The van der Waals surface area contributed by atoms with Crippen LogP contribution in [0.1, 0.15) is 16.9 Å². The average Bonchev–Trinajstić information content (AvgIpc) is 3.13. The van der Waals surface area contributed by atoms with Crippen LogP contribution in [0, 0.1) is 0 Å². The fourth-order valence-electron chi connectivity index (χ4n) is 2.38. The fraction of sp³-hybridized carbons (Fsp3) is 0.235. The van der Waals surface area contributed by atoms with Gasteiger partial charge in [-0.15, -0.1) is 11.3 Å². The minimum absolute atomic E-state index is 0.0160. The first-order chi connectivity index (χ1) is 10.3. The molecule has 1 aliphatic heterocycles. The van der Waals surface area contributed by atoms with E-state index in [2.05, 4.69) is 17.4 Å². The third-order valence-corrected chi connectivity index (χ3v) is 4.31. The van der Waals surface area contributed by atoms with E-state index in [1.165, 1.54) is 5.56 Å². The lowest BCUT2D eigenvalue weighted by atomic mass is 10.1. The molecule has 1 N–H and O–H groups in total. The number of ether oxygens (including phenoxy) is 1. The van der Waals surface area contributed by atoms with Crippen molar-refractivity contribution in [2.24, 2.45) is 0 Å². The van der Waals surface area contributed by atoms with Crippen LogP contribution < -0.4 is 5.32 Å². The first-order valence-corrected chi connectivity index (χ1v) is 7.90. The zero-order valence-corrected chi connectivity index (χ0v) is 12.4. The molecule has 0 bridgehead atoms. The first-order valence-electron chi connectivity index (χ1n) is 7.02. The molecular weight excluding hydrogens is 282 g/mol. The molecule has 4 heteroatoms. The van der Waals surface area contributed by atoms with Gasteiger partial charge in [0, 0.05) is 11.0 Å². The molecule has 2 heterocycles. The Morgan fingerprint density at radius 1 is 1.14 bits per heavy atom. The number of carbonyl (C=O) groups excluding carboxylic acids is 1. The van der Waals surface area contributed by atoms with Gasteiger partial charge in [-0.25, -0.2) is 0 Å². The summed E-state index contributed by atoms with van der Waals surface area (Å²) < 4.78 is 5.81. The van der Waals surface area contributed by atoms with E-state index in [1.807, 2.05) is 35.7 Å². The van der Waals surface area contributed by atoms with Crippen molar-refractivity contribution in [3.8, 4) is 0 Å². The summed E-state index contributed by atoms with van der Waals surface area (Å²) in [4.78, 5) is 12.7. The number of benzene rings is 1. The lowest BCUT2D eigenvalue weighted by Crippen LogP contribution is -2.29. The molecule has 0 radical (unpaired) electrons. The quantitative estimate of drug-likeness (QED) is 0.889. The Bertz CT molecular complexity index is 620. The molecule has 0 aliphatic carbocycles. The van der Waals surface area contributed by atoms with Crippen LogP contribution in [0.4, 0.5) is 0 Å². The SMILES string of the molecule is O=C1C=C(OCc2cccs2)[C@H](CCc2ccccc2)N1. The highest BCUT2D eigenvalue weighted by atomic mass is 32.1. The maximum atomic E-state index is 11.6. The largest absolute Gasteiger partial charge is 0.490 e. The maximum absolute atomic E-state index is 11.6. The van der Waals surface area contributed by atoms with Gasteiger partial charge in [-0.1, -0.05) is 36.4 Å². The van der Waals surface area contributed by atoms with Crippen molar-refractivity contribution in [1.29, 1.82) is 0 Å². The van der Waals surface area contributed by atoms with Crippen LogP contribution >= 0.6 is 11.3 Å². The Labute approximate surface area is 128 Å². The summed E-state index contributed by atoms with van der Waals surface area (Å²) in [6, 6.07) is 14.3. The van der Waals surface area contributed by atoms with Gasteiger partial charge in [0.05, 0.1) is 6.04 Å². The molecule has 1 atom stereocenters. The van der Waals surface area contributed by atoms with Gasteiger partial charge in [0.2, 0.25) is 5.91 Å². The zero-order valence-electron chi connectivity index (χ0n) is 11.6. The van der Waals surface area contributed by atoms with Crippen molar-refractivity contribution in [2.45, 2.75) is 25.5 Å². The lowest BCUT2D eigenvalue weighted by Gasteiger charge is -2.16. The van der Waals surface area contributed by atoms with E-state index < -0.39 is 0 Å². The minimum Gasteiger partial charge on any atom is -0.490 e. The van der Waals surface area contributed by atoms with Gasteiger partial charge in [0.1, 0.15) is 12.4 Å². The molecule has 0 saturated carbocycles. The Morgan fingerprint density at radius 2 is 2.00 bits per heavy atom. The van der Waals surface area contributed by atoms with Crippen LogP contribution in [-0.4, -0.2) is 11.9 Å². The highest BCUT2D eigenvalue weighted by Crippen LogP contribution is 2.20. The van der Waals surface area contributed by atoms with Gasteiger partial charge in [-0.2, -0.15) is 0 Å². The summed E-state index contributed by atoms with van der Waals surface area (Å²) >= 11 is 1.66. The number of nitrogens with one attached hydrogen (secondary N) is 1. The molecule has 1 aromatic carbocycles. The standard InChI is InChI=1S/C17H17NO2S/c19-17-11-16(20-12-14-7-4-10-21-14)15(18-17)9-8-13-5-2-1-3-6-13/h1-7,10-11,15H,8-9,12H2,(H,18,19)/t15-/m0/s1. The van der Waals surface area contributed by atoms with Gasteiger partial charge in [-0.3, -0.25) is 4.79 Å². The Morgan fingerprint density at radius 3 is 2.76 bits per heavy atom. The van der Waals surface area contributed by atoms with Crippen molar-refractivity contribution < 1.29 is 9.53 Å². The molecule has 3 nitrogen and oxygen atoms in total. The monoisotopic (exact) mass is 299 g/mol. The average molecular weight is 299 g/mol. The lowest BCUT2D eigenvalue weighted by molar-refractivity contribution is -0.116. The number of aryl methyl sites for hydroxylation is 1. The maximum Gasteiger partial charge on any atom is 0.248 e. The van der Waals surface area contributed by atoms with E-state index in [1.54, 1.807) is 17.4 Å². The molecular formula is C17H17NO2S. The van der Waals surface area contributed by atoms with Crippen LogP contribution in [-0.2, 0) is 22.6 Å². The number of thiophene rings is 1. The summed E-state index contributed by atoms with van der Waals surface area (Å²) in [5.74, 6) is 0.693. The van der Waals surface area contributed by atoms with Crippen LogP contribution in [0.15, 0.2) is 59.7 Å². The van der Waals surface area contributed by atoms with Crippen molar-refractivity contribution in [2.75, 3.05) is 0 Å². The molecule has 2 aromatic rings. The topological polar surface area (TPSA) is 38.3 Å². The molecule has 3 rings (SSSR count). The van der Waals surface area contributed by atoms with Gasteiger partial charge in [0.25, 0.3) is 0 Å². The van der Waals surface area contributed by atoms with Crippen LogP contribution in [0.5, 0.6) is 0 Å². The molecule has 0 fully saturated rings. The Kier molecular flexibility index (Phi) is 4.36. The smallest absolute Gasteiger partial charge is 0.248 e. The fourth-order valence-corrected chi connectivity index (χ4v) is 2.99. The van der Waals surface area contributed by atoms with Gasteiger partial charge in [-0.05, 0) is 29.9 Å². The van der Waals surface area contributed by atoms with Crippen LogP contribution in [0.2, 0.25) is 0 Å². The second kappa shape index (κ2) is 6.59. The molecule has 0 unspecified atom stereocenters. The number of amides is 1. The van der Waals surface area contributed by atoms with Gasteiger partial charge < -0.3 is 10.1 Å². The van der Waals surface area contributed by atoms with Crippen molar-refractivity contribution in [1.82, 2.24) is 5.32 Å². The number of rotatable bonds is 6. The predicted molar refractivity (Wildman–Crippen MR) is 83.9 cm³/mol. The Hall–Kier alpha value is -2.07. The van der Waals surface area contributed by atoms with Crippen molar-refractivity contribution in [3.63, 3.8) is 0 Å². The summed E-state index contributed by atoms with van der Waals surface area (Å²) in [6.45, 7) is 0.528. The van der Waals surface area contributed by atoms with E-state index in [9.17, 15) is 4.79 Å². The van der Waals surface area contributed by atoms with Crippen molar-refractivity contribution >= 4 is 17.2 Å². The highest BCUT2D eigenvalue weighted by molar-refractivity contribution is 7.09. The van der Waals surface area contributed by atoms with E-state index in [-0.39, 0.29) is 11.9 Å². The van der Waals surface area contributed by atoms with Gasteiger partial charge >= 0.3 is 0 Å². The second-order valence-electron chi connectivity index (χ2n) is 5.00. The summed E-state index contributed by atoms with van der Waals surface area (Å²) in [6.07, 6.45) is 3.35. The summed E-state index contributed by atoms with van der Waals surface area (Å²) in [5.41, 5.74) is 1.27.